The highest BCUT2D eigenvalue weighted by Crippen LogP contribution is 2.94. The van der Waals surface area contributed by atoms with Gasteiger partial charge in [0.15, 0.2) is 7.96 Å². The van der Waals surface area contributed by atoms with E-state index in [0.29, 0.717) is 0 Å². The van der Waals surface area contributed by atoms with Crippen LogP contribution in [0.15, 0.2) is 0 Å². The molecule has 0 heterocycles. The Morgan fingerprint density at radius 2 is 0.556 bits per heavy atom. The molecule has 0 aliphatic rings. The van der Waals surface area contributed by atoms with Crippen molar-refractivity contribution in [1.82, 2.24) is 0 Å². The smallest absolute Gasteiger partial charge is 0.0652 e. The van der Waals surface area contributed by atoms with Crippen molar-refractivity contribution < 1.29 is 0 Å². The third kappa shape index (κ3) is 12.6. The van der Waals surface area contributed by atoms with Gasteiger partial charge in [-0.2, -0.15) is 0 Å². The molecule has 0 saturated heterocycles. The van der Waals surface area contributed by atoms with Gasteiger partial charge in [0.2, 0.25) is 0 Å². The molecule has 0 aliphatic carbocycles. The van der Waals surface area contributed by atoms with Crippen LogP contribution < -0.4 is 0 Å². The van der Waals surface area contributed by atoms with Gasteiger partial charge in [-0.25, -0.2) is 0 Å². The van der Waals surface area contributed by atoms with Crippen LogP contribution in [-0.2, 0) is 0 Å². The SMILES string of the molecule is CCCC[P+](CCCC)(CCCC)P[P+](CCCC)(CCCC)CCCC. The van der Waals surface area contributed by atoms with Gasteiger partial charge in [0.25, 0.3) is 0 Å². The van der Waals surface area contributed by atoms with Crippen LogP contribution >= 0.6 is 21.9 Å². The van der Waals surface area contributed by atoms with Gasteiger partial charge >= 0.3 is 0 Å². The average Bonchev–Trinajstić information content (AvgIpc) is 2.70. The van der Waals surface area contributed by atoms with Crippen LogP contribution in [0.4, 0.5) is 0 Å². The van der Waals surface area contributed by atoms with Gasteiger partial charge in [0.05, 0.1) is 50.9 Å². The summed E-state index contributed by atoms with van der Waals surface area (Å²) in [5.41, 5.74) is 0. The van der Waals surface area contributed by atoms with Crippen LogP contribution in [-0.4, -0.2) is 37.0 Å². The summed E-state index contributed by atoms with van der Waals surface area (Å²) in [5, 5.41) is 0. The van der Waals surface area contributed by atoms with Crippen molar-refractivity contribution in [3.63, 3.8) is 0 Å². The minimum atomic E-state index is -0.711. The fraction of sp³-hybridized carbons (Fsp3) is 1.00. The molecule has 0 atom stereocenters. The van der Waals surface area contributed by atoms with Gasteiger partial charge < -0.3 is 0 Å². The topological polar surface area (TPSA) is 0 Å². The summed E-state index contributed by atoms with van der Waals surface area (Å²) in [4.78, 5) is 0. The molecule has 0 N–H and O–H groups in total. The molecule has 0 aromatic carbocycles. The largest absolute Gasteiger partial charge is 0.196 e. The standard InChI is InChI=1S/C24H55P3/c1-7-13-19-26(20-14-8-2,21-15-9-3)25-27(22-16-10-4,23-17-11-5)24-18-12-6/h25H,7-24H2,1-6H3/q+2. The molecule has 0 aromatic heterocycles. The molecule has 0 saturated carbocycles. The summed E-state index contributed by atoms with van der Waals surface area (Å²) in [6.45, 7) is 13.1. The fourth-order valence-electron chi connectivity index (χ4n) is 4.19. The van der Waals surface area contributed by atoms with E-state index >= 15 is 0 Å². The van der Waals surface area contributed by atoms with E-state index in [1.165, 1.54) is 85.0 Å². The van der Waals surface area contributed by atoms with Gasteiger partial charge in [-0.1, -0.05) is 80.1 Å². The second-order valence-corrected chi connectivity index (χ2v) is 24.4. The van der Waals surface area contributed by atoms with Gasteiger partial charge in [-0.3, -0.25) is 0 Å². The lowest BCUT2D eigenvalue weighted by Crippen LogP contribution is -2.10. The maximum absolute atomic E-state index is 2.42. The van der Waals surface area contributed by atoms with Crippen molar-refractivity contribution in [2.45, 2.75) is 119 Å². The molecule has 0 fully saturated rings. The molecule has 3 heteroatoms. The average molecular weight is 437 g/mol. The summed E-state index contributed by atoms with van der Waals surface area (Å²) < 4.78 is 0. The summed E-state index contributed by atoms with van der Waals surface area (Å²) in [6, 6.07) is 0. The second kappa shape index (κ2) is 18.1. The monoisotopic (exact) mass is 436 g/mol. The highest BCUT2D eigenvalue weighted by Gasteiger charge is 2.50. The Bertz CT molecular complexity index is 243. The van der Waals surface area contributed by atoms with E-state index in [4.69, 9.17) is 0 Å². The van der Waals surface area contributed by atoms with E-state index in [1.807, 2.05) is 0 Å². The Balaban J connectivity index is 5.66. The van der Waals surface area contributed by atoms with Gasteiger partial charge in [0, 0.05) is 0 Å². The Labute approximate surface area is 177 Å². The molecule has 164 valence electrons. The minimum Gasteiger partial charge on any atom is -0.0652 e. The predicted molar refractivity (Wildman–Crippen MR) is 141 cm³/mol. The van der Waals surface area contributed by atoms with Crippen LogP contribution in [0.3, 0.4) is 0 Å². The molecule has 0 rings (SSSR count). The second-order valence-electron chi connectivity index (χ2n) is 8.85. The van der Waals surface area contributed by atoms with Gasteiger partial charge in [0.1, 0.15) is 0 Å². The van der Waals surface area contributed by atoms with Crippen LogP contribution in [0.2, 0.25) is 0 Å². The Kier molecular flexibility index (Phi) is 19.0. The molecule has 0 aliphatic heterocycles. The molecule has 27 heavy (non-hydrogen) atoms. The van der Waals surface area contributed by atoms with Crippen molar-refractivity contribution in [1.29, 1.82) is 0 Å². The molecule has 0 amide bonds. The lowest BCUT2D eigenvalue weighted by atomic mass is 10.4. The van der Waals surface area contributed by atoms with Gasteiger partial charge in [-0.05, 0) is 38.5 Å². The van der Waals surface area contributed by atoms with E-state index in [0.717, 1.165) is 0 Å². The number of hydrogen-bond donors (Lipinski definition) is 0. The zero-order chi connectivity index (χ0) is 20.4. The number of hydrogen-bond acceptors (Lipinski definition) is 0. The molecule has 0 bridgehead atoms. The highest BCUT2D eigenvalue weighted by atomic mass is 32.5. The lowest BCUT2D eigenvalue weighted by molar-refractivity contribution is 0.842. The first-order valence-corrected chi connectivity index (χ1v) is 20.0. The summed E-state index contributed by atoms with van der Waals surface area (Å²) in [7, 11) is 1.44. The first-order valence-electron chi connectivity index (χ1n) is 12.6. The zero-order valence-electron chi connectivity index (χ0n) is 20.1. The predicted octanol–water partition coefficient (Wildman–Crippen LogP) is 10.3. The Hall–Kier alpha value is 1.29. The van der Waals surface area contributed by atoms with Crippen molar-refractivity contribution in [3.05, 3.63) is 0 Å². The molecule has 0 nitrogen and oxygen atoms in total. The molecule has 0 spiro atoms. The molecular weight excluding hydrogens is 381 g/mol. The first kappa shape index (κ1) is 28.3. The molecular formula is C24H55P3+2. The molecule has 0 unspecified atom stereocenters. The molecule has 0 radical (unpaired) electrons. The van der Waals surface area contributed by atoms with E-state index in [9.17, 15) is 0 Å². The maximum Gasteiger partial charge on any atom is 0.196 e. The fourth-order valence-corrected chi connectivity index (χ4v) is 33.4. The van der Waals surface area contributed by atoms with Crippen molar-refractivity contribution >= 4 is 21.9 Å². The third-order valence-electron chi connectivity index (χ3n) is 6.06. The number of rotatable bonds is 20. The summed E-state index contributed by atoms with van der Waals surface area (Å²) >= 11 is 0. The van der Waals surface area contributed by atoms with Crippen molar-refractivity contribution in [2.75, 3.05) is 37.0 Å². The Morgan fingerprint density at radius 3 is 0.704 bits per heavy atom. The first-order chi connectivity index (χ1) is 13.1. The maximum atomic E-state index is 2.42. The van der Waals surface area contributed by atoms with E-state index in [-0.39, 0.29) is 0 Å². The minimum absolute atomic E-state index is 0.711. The van der Waals surface area contributed by atoms with Gasteiger partial charge in [-0.15, -0.1) is 0 Å². The van der Waals surface area contributed by atoms with Crippen LogP contribution in [0.25, 0.3) is 0 Å². The van der Waals surface area contributed by atoms with Crippen molar-refractivity contribution in [3.8, 4) is 0 Å². The zero-order valence-corrected chi connectivity index (χ0v) is 22.9. The van der Waals surface area contributed by atoms with Crippen molar-refractivity contribution in [2.24, 2.45) is 0 Å². The third-order valence-corrected chi connectivity index (χ3v) is 28.2. The Morgan fingerprint density at radius 1 is 0.370 bits per heavy atom. The van der Waals surface area contributed by atoms with Crippen LogP contribution in [0, 0.1) is 0 Å². The summed E-state index contributed by atoms with van der Waals surface area (Å²) in [5.74, 6) is 0. The van der Waals surface area contributed by atoms with Crippen LogP contribution in [0.1, 0.15) is 119 Å². The van der Waals surface area contributed by atoms with E-state index in [2.05, 4.69) is 41.5 Å². The van der Waals surface area contributed by atoms with E-state index in [1.54, 1.807) is 37.0 Å². The van der Waals surface area contributed by atoms with E-state index < -0.39 is 13.9 Å². The number of unbranched alkanes of at least 4 members (excludes halogenated alkanes) is 6. The van der Waals surface area contributed by atoms with Crippen LogP contribution in [0.5, 0.6) is 0 Å². The summed E-state index contributed by atoms with van der Waals surface area (Å²) in [6.07, 6.45) is 27.5. The normalized spacial score (nSPS) is 12.7. The lowest BCUT2D eigenvalue weighted by Gasteiger charge is -2.34. The molecule has 0 aromatic rings. The highest BCUT2D eigenvalue weighted by molar-refractivity contribution is 8.62. The quantitative estimate of drug-likeness (QED) is 0.166.